The van der Waals surface area contributed by atoms with Gasteiger partial charge in [-0.3, -0.25) is 9.48 Å². The molecule has 1 fully saturated rings. The molecule has 7 heteroatoms. The smallest absolute Gasteiger partial charge is 0.259 e. The topological polar surface area (TPSA) is 81.1 Å². The Morgan fingerprint density at radius 2 is 1.86 bits per heavy atom. The molecule has 0 aliphatic carbocycles. The second kappa shape index (κ2) is 8.22. The minimum atomic E-state index is -0.179. The second-order valence-corrected chi connectivity index (χ2v) is 6.81. The molecule has 2 N–H and O–H groups in total. The lowest BCUT2D eigenvalue weighted by molar-refractivity contribution is 0.0656. The van der Waals surface area contributed by atoms with Crippen LogP contribution < -0.4 is 10.6 Å². The molecular weight excluding hydrogens is 354 g/mol. The Morgan fingerprint density at radius 1 is 1.07 bits per heavy atom. The highest BCUT2D eigenvalue weighted by Gasteiger charge is 2.21. The van der Waals surface area contributed by atoms with Crippen molar-refractivity contribution in [3.8, 4) is 0 Å². The Hall–Kier alpha value is -3.19. The number of hydrogen-bond donors (Lipinski definition) is 2. The van der Waals surface area contributed by atoms with Gasteiger partial charge in [-0.2, -0.15) is 5.10 Å². The molecule has 28 heavy (non-hydrogen) atoms. The van der Waals surface area contributed by atoms with Crippen LogP contribution in [0.1, 0.15) is 34.9 Å². The average molecular weight is 377 g/mol. The van der Waals surface area contributed by atoms with Crippen molar-refractivity contribution in [1.82, 2.24) is 14.8 Å². The molecule has 0 saturated carbocycles. The van der Waals surface area contributed by atoms with Crippen molar-refractivity contribution >= 4 is 23.1 Å². The summed E-state index contributed by atoms with van der Waals surface area (Å²) in [6, 6.07) is 13.8. The number of anilines is 3. The van der Waals surface area contributed by atoms with Crippen molar-refractivity contribution in [2.45, 2.75) is 25.8 Å². The van der Waals surface area contributed by atoms with Gasteiger partial charge in [0.05, 0.1) is 29.7 Å². The molecule has 0 bridgehead atoms. The van der Waals surface area contributed by atoms with Crippen molar-refractivity contribution in [2.75, 3.05) is 23.8 Å². The fourth-order valence-electron chi connectivity index (χ4n) is 3.35. The Bertz CT molecular complexity index is 931. The number of nitrogens with one attached hydrogen (secondary N) is 2. The van der Waals surface area contributed by atoms with Gasteiger partial charge in [-0.05, 0) is 44.0 Å². The highest BCUT2D eigenvalue weighted by Crippen LogP contribution is 2.24. The number of carbonyl (C=O) groups is 1. The van der Waals surface area contributed by atoms with Crippen LogP contribution in [0, 0.1) is 6.92 Å². The number of para-hydroxylation sites is 1. The SMILES string of the molecule is Cc1c(C(=O)Nc2ccc(Nc3ccccc3)nc2)cnn1C1CCOCC1. The van der Waals surface area contributed by atoms with E-state index >= 15 is 0 Å². The van der Waals surface area contributed by atoms with Gasteiger partial charge in [-0.25, -0.2) is 4.98 Å². The van der Waals surface area contributed by atoms with Crippen LogP contribution in [-0.4, -0.2) is 33.9 Å². The molecule has 1 aliphatic heterocycles. The normalized spacial score (nSPS) is 14.6. The molecule has 3 aromatic rings. The first-order valence-electron chi connectivity index (χ1n) is 9.42. The van der Waals surface area contributed by atoms with Crippen molar-refractivity contribution in [3.05, 3.63) is 66.1 Å². The summed E-state index contributed by atoms with van der Waals surface area (Å²) in [6.45, 7) is 3.41. The van der Waals surface area contributed by atoms with E-state index in [1.807, 2.05) is 54.1 Å². The third kappa shape index (κ3) is 4.04. The lowest BCUT2D eigenvalue weighted by atomic mass is 10.1. The second-order valence-electron chi connectivity index (χ2n) is 6.81. The zero-order valence-corrected chi connectivity index (χ0v) is 15.8. The zero-order chi connectivity index (χ0) is 19.3. The van der Waals surface area contributed by atoms with Crippen LogP contribution in [0.2, 0.25) is 0 Å². The fraction of sp³-hybridized carbons (Fsp3) is 0.286. The molecule has 0 radical (unpaired) electrons. The number of rotatable bonds is 5. The first-order chi connectivity index (χ1) is 13.7. The number of benzene rings is 1. The van der Waals surface area contributed by atoms with Crippen molar-refractivity contribution in [3.63, 3.8) is 0 Å². The third-order valence-corrected chi connectivity index (χ3v) is 4.89. The number of ether oxygens (including phenoxy) is 1. The lowest BCUT2D eigenvalue weighted by Gasteiger charge is -2.23. The highest BCUT2D eigenvalue weighted by molar-refractivity contribution is 6.04. The molecule has 0 atom stereocenters. The molecule has 3 heterocycles. The van der Waals surface area contributed by atoms with Gasteiger partial charge >= 0.3 is 0 Å². The molecule has 2 aromatic heterocycles. The van der Waals surface area contributed by atoms with Crippen LogP contribution in [-0.2, 0) is 4.74 Å². The van der Waals surface area contributed by atoms with E-state index in [4.69, 9.17) is 4.74 Å². The fourth-order valence-corrected chi connectivity index (χ4v) is 3.35. The largest absolute Gasteiger partial charge is 0.381 e. The number of amides is 1. The van der Waals surface area contributed by atoms with E-state index in [2.05, 4.69) is 20.7 Å². The summed E-state index contributed by atoms with van der Waals surface area (Å²) in [5, 5.41) is 10.6. The van der Waals surface area contributed by atoms with E-state index in [9.17, 15) is 4.79 Å². The Labute approximate surface area is 163 Å². The van der Waals surface area contributed by atoms with Gasteiger partial charge in [0.2, 0.25) is 0 Å². The molecule has 0 spiro atoms. The van der Waals surface area contributed by atoms with Crippen LogP contribution in [0.25, 0.3) is 0 Å². The molecule has 7 nitrogen and oxygen atoms in total. The Morgan fingerprint density at radius 3 is 2.57 bits per heavy atom. The minimum Gasteiger partial charge on any atom is -0.381 e. The van der Waals surface area contributed by atoms with Gasteiger partial charge in [0.25, 0.3) is 5.91 Å². The molecule has 144 valence electrons. The number of nitrogens with zero attached hydrogens (tertiary/aromatic N) is 3. The quantitative estimate of drug-likeness (QED) is 0.704. The van der Waals surface area contributed by atoms with Gasteiger partial charge < -0.3 is 15.4 Å². The van der Waals surface area contributed by atoms with Gasteiger partial charge in [-0.1, -0.05) is 18.2 Å². The maximum Gasteiger partial charge on any atom is 0.259 e. The highest BCUT2D eigenvalue weighted by atomic mass is 16.5. The van der Waals surface area contributed by atoms with E-state index in [0.29, 0.717) is 23.1 Å². The first kappa shape index (κ1) is 18.2. The van der Waals surface area contributed by atoms with Crippen LogP contribution in [0.3, 0.4) is 0 Å². The summed E-state index contributed by atoms with van der Waals surface area (Å²) in [5.74, 6) is 0.536. The molecule has 0 unspecified atom stereocenters. The molecule has 1 amide bonds. The summed E-state index contributed by atoms with van der Waals surface area (Å²) in [7, 11) is 0. The van der Waals surface area contributed by atoms with E-state index in [-0.39, 0.29) is 5.91 Å². The number of aromatic nitrogens is 3. The molecule has 1 aliphatic rings. The lowest BCUT2D eigenvalue weighted by Crippen LogP contribution is -2.22. The van der Waals surface area contributed by atoms with E-state index in [0.717, 1.165) is 37.4 Å². The van der Waals surface area contributed by atoms with Gasteiger partial charge in [-0.15, -0.1) is 0 Å². The van der Waals surface area contributed by atoms with E-state index < -0.39 is 0 Å². The summed E-state index contributed by atoms with van der Waals surface area (Å²) in [5.41, 5.74) is 3.06. The Kier molecular flexibility index (Phi) is 5.34. The predicted molar refractivity (Wildman–Crippen MR) is 108 cm³/mol. The van der Waals surface area contributed by atoms with Crippen LogP contribution in [0.5, 0.6) is 0 Å². The van der Waals surface area contributed by atoms with Crippen LogP contribution in [0.15, 0.2) is 54.9 Å². The number of carbonyl (C=O) groups excluding carboxylic acids is 1. The zero-order valence-electron chi connectivity index (χ0n) is 15.8. The predicted octanol–water partition coefficient (Wildman–Crippen LogP) is 3.93. The van der Waals surface area contributed by atoms with Gasteiger partial charge in [0.15, 0.2) is 0 Å². The maximum atomic E-state index is 12.7. The van der Waals surface area contributed by atoms with E-state index in [1.54, 1.807) is 12.4 Å². The summed E-state index contributed by atoms with van der Waals surface area (Å²) >= 11 is 0. The third-order valence-electron chi connectivity index (χ3n) is 4.89. The van der Waals surface area contributed by atoms with Crippen LogP contribution in [0.4, 0.5) is 17.2 Å². The summed E-state index contributed by atoms with van der Waals surface area (Å²) < 4.78 is 7.36. The summed E-state index contributed by atoms with van der Waals surface area (Å²) in [4.78, 5) is 17.0. The van der Waals surface area contributed by atoms with Gasteiger partial charge in [0.1, 0.15) is 5.82 Å². The minimum absolute atomic E-state index is 0.179. The Balaban J connectivity index is 1.41. The van der Waals surface area contributed by atoms with Crippen LogP contribution >= 0.6 is 0 Å². The first-order valence-corrected chi connectivity index (χ1v) is 9.42. The molecule has 1 saturated heterocycles. The molecular formula is C21H23N5O2. The van der Waals surface area contributed by atoms with Crippen molar-refractivity contribution in [2.24, 2.45) is 0 Å². The molecule has 4 rings (SSSR count). The van der Waals surface area contributed by atoms with Crippen molar-refractivity contribution in [1.29, 1.82) is 0 Å². The standard InChI is InChI=1S/C21H23N5O2/c1-15-19(14-23-26(15)18-9-11-28-12-10-18)21(27)25-17-7-8-20(22-13-17)24-16-5-3-2-4-6-16/h2-8,13-14,18H,9-12H2,1H3,(H,22,24)(H,25,27). The number of hydrogen-bond acceptors (Lipinski definition) is 5. The average Bonchev–Trinajstić information content (AvgIpc) is 3.12. The summed E-state index contributed by atoms with van der Waals surface area (Å²) in [6.07, 6.45) is 5.12. The van der Waals surface area contributed by atoms with Gasteiger partial charge in [0, 0.05) is 24.6 Å². The maximum absolute atomic E-state index is 12.7. The number of pyridine rings is 1. The van der Waals surface area contributed by atoms with E-state index in [1.165, 1.54) is 0 Å². The monoisotopic (exact) mass is 377 g/mol. The molecule has 1 aromatic carbocycles. The van der Waals surface area contributed by atoms with Crippen molar-refractivity contribution < 1.29 is 9.53 Å².